The predicted octanol–water partition coefficient (Wildman–Crippen LogP) is 2.40. The Morgan fingerprint density at radius 3 is 2.44 bits per heavy atom. The maximum atomic E-state index is 12.8. The van der Waals surface area contributed by atoms with Crippen molar-refractivity contribution in [3.63, 3.8) is 0 Å². The number of piperidine rings is 1. The van der Waals surface area contributed by atoms with Gasteiger partial charge in [0.15, 0.2) is 0 Å². The van der Waals surface area contributed by atoms with Crippen LogP contribution in [0.3, 0.4) is 0 Å². The first kappa shape index (κ1) is 19.4. The van der Waals surface area contributed by atoms with E-state index in [2.05, 4.69) is 5.32 Å². The number of rotatable bonds is 3. The van der Waals surface area contributed by atoms with Crippen LogP contribution in [0.4, 0.5) is 24.5 Å². The standard InChI is InChI=1S/C17H21F3N4O3/c18-17(19,20)12-4-5-14(15(11-12)24(26)27)22-7-9-23(10-8-22)16(25)13-3-1-2-6-21-13/h4-5,11,13,21H,1-3,6-10H2. The van der Waals surface area contributed by atoms with E-state index < -0.39 is 22.4 Å². The largest absolute Gasteiger partial charge is 0.416 e. The van der Waals surface area contributed by atoms with Crippen LogP contribution in [0.2, 0.25) is 0 Å². The molecular formula is C17H21F3N4O3. The molecule has 148 valence electrons. The van der Waals surface area contributed by atoms with E-state index in [1.54, 1.807) is 9.80 Å². The maximum Gasteiger partial charge on any atom is 0.416 e. The van der Waals surface area contributed by atoms with Crippen LogP contribution in [0.5, 0.6) is 0 Å². The second kappa shape index (κ2) is 7.71. The van der Waals surface area contributed by atoms with E-state index in [0.717, 1.165) is 37.9 Å². The van der Waals surface area contributed by atoms with Crippen molar-refractivity contribution in [1.29, 1.82) is 0 Å². The lowest BCUT2D eigenvalue weighted by atomic mass is 10.0. The van der Waals surface area contributed by atoms with E-state index in [0.29, 0.717) is 32.2 Å². The average Bonchev–Trinajstić information content (AvgIpc) is 2.67. The highest BCUT2D eigenvalue weighted by molar-refractivity contribution is 5.82. The van der Waals surface area contributed by atoms with Gasteiger partial charge >= 0.3 is 6.18 Å². The predicted molar refractivity (Wildman–Crippen MR) is 92.5 cm³/mol. The van der Waals surface area contributed by atoms with Crippen molar-refractivity contribution < 1.29 is 22.9 Å². The number of benzene rings is 1. The molecule has 2 fully saturated rings. The molecule has 0 aliphatic carbocycles. The number of alkyl halides is 3. The zero-order valence-electron chi connectivity index (χ0n) is 14.7. The zero-order valence-corrected chi connectivity index (χ0v) is 14.7. The zero-order chi connectivity index (χ0) is 19.6. The van der Waals surface area contributed by atoms with Gasteiger partial charge in [0.25, 0.3) is 5.69 Å². The maximum absolute atomic E-state index is 12.8. The van der Waals surface area contributed by atoms with Gasteiger partial charge in [-0.25, -0.2) is 0 Å². The van der Waals surface area contributed by atoms with Gasteiger partial charge < -0.3 is 15.1 Å². The number of hydrogen-bond donors (Lipinski definition) is 1. The van der Waals surface area contributed by atoms with Gasteiger partial charge in [-0.05, 0) is 31.5 Å². The number of nitrogens with one attached hydrogen (secondary N) is 1. The third kappa shape index (κ3) is 4.32. The molecule has 1 atom stereocenters. The summed E-state index contributed by atoms with van der Waals surface area (Å²) in [6, 6.07) is 2.37. The number of carbonyl (C=O) groups is 1. The van der Waals surface area contributed by atoms with Crippen LogP contribution >= 0.6 is 0 Å². The molecule has 1 unspecified atom stereocenters. The van der Waals surface area contributed by atoms with Crippen LogP contribution in [0.1, 0.15) is 24.8 Å². The van der Waals surface area contributed by atoms with Crippen molar-refractivity contribution in [3.8, 4) is 0 Å². The number of anilines is 1. The quantitative estimate of drug-likeness (QED) is 0.638. The Morgan fingerprint density at radius 2 is 1.89 bits per heavy atom. The van der Waals surface area contributed by atoms with E-state index >= 15 is 0 Å². The normalized spacial score (nSPS) is 21.2. The van der Waals surface area contributed by atoms with Gasteiger partial charge in [-0.15, -0.1) is 0 Å². The molecule has 10 heteroatoms. The molecule has 1 N–H and O–H groups in total. The van der Waals surface area contributed by atoms with Gasteiger partial charge in [-0.3, -0.25) is 14.9 Å². The van der Waals surface area contributed by atoms with Crippen LogP contribution < -0.4 is 10.2 Å². The average molecular weight is 386 g/mol. The molecule has 0 bridgehead atoms. The second-order valence-corrected chi connectivity index (χ2v) is 6.77. The summed E-state index contributed by atoms with van der Waals surface area (Å²) in [7, 11) is 0. The molecule has 0 aromatic heterocycles. The van der Waals surface area contributed by atoms with Gasteiger partial charge in [-0.1, -0.05) is 6.42 Å². The van der Waals surface area contributed by atoms with Crippen molar-refractivity contribution in [3.05, 3.63) is 33.9 Å². The first-order valence-corrected chi connectivity index (χ1v) is 8.90. The lowest BCUT2D eigenvalue weighted by Gasteiger charge is -2.38. The van der Waals surface area contributed by atoms with Crippen molar-refractivity contribution >= 4 is 17.3 Å². The summed E-state index contributed by atoms with van der Waals surface area (Å²) in [5.74, 6) is 0.0243. The van der Waals surface area contributed by atoms with Gasteiger partial charge in [-0.2, -0.15) is 13.2 Å². The molecule has 1 aromatic rings. The number of nitro groups is 1. The van der Waals surface area contributed by atoms with Crippen molar-refractivity contribution in [2.75, 3.05) is 37.6 Å². The number of piperazine rings is 1. The third-order valence-electron chi connectivity index (χ3n) is 5.04. The molecule has 1 aromatic carbocycles. The van der Waals surface area contributed by atoms with E-state index in [1.807, 2.05) is 0 Å². The van der Waals surface area contributed by atoms with Gasteiger partial charge in [0.05, 0.1) is 16.5 Å². The topological polar surface area (TPSA) is 78.7 Å². The number of carbonyl (C=O) groups excluding carboxylic acids is 1. The first-order chi connectivity index (χ1) is 12.8. The molecule has 2 heterocycles. The summed E-state index contributed by atoms with van der Waals surface area (Å²) < 4.78 is 38.5. The molecule has 7 nitrogen and oxygen atoms in total. The summed E-state index contributed by atoms with van der Waals surface area (Å²) in [5, 5.41) is 14.5. The summed E-state index contributed by atoms with van der Waals surface area (Å²) in [6.45, 7) is 2.26. The molecular weight excluding hydrogens is 365 g/mol. The van der Waals surface area contributed by atoms with Crippen LogP contribution in [-0.2, 0) is 11.0 Å². The van der Waals surface area contributed by atoms with E-state index in [9.17, 15) is 28.1 Å². The highest BCUT2D eigenvalue weighted by Gasteiger charge is 2.35. The van der Waals surface area contributed by atoms with E-state index in [4.69, 9.17) is 0 Å². The number of halogens is 3. The summed E-state index contributed by atoms with van der Waals surface area (Å²) in [5.41, 5.74) is -1.47. The molecule has 1 amide bonds. The van der Waals surface area contributed by atoms with E-state index in [-0.39, 0.29) is 17.6 Å². The van der Waals surface area contributed by atoms with E-state index in [1.165, 1.54) is 0 Å². The lowest BCUT2D eigenvalue weighted by Crippen LogP contribution is -2.55. The summed E-state index contributed by atoms with van der Waals surface area (Å²) in [4.78, 5) is 26.4. The fraction of sp³-hybridized carbons (Fsp3) is 0.588. The number of hydrogen-bond acceptors (Lipinski definition) is 5. The number of nitro benzene ring substituents is 1. The lowest BCUT2D eigenvalue weighted by molar-refractivity contribution is -0.384. The van der Waals surface area contributed by atoms with Gasteiger partial charge in [0.2, 0.25) is 5.91 Å². The number of amides is 1. The fourth-order valence-electron chi connectivity index (χ4n) is 3.56. The van der Waals surface area contributed by atoms with Crippen molar-refractivity contribution in [2.24, 2.45) is 0 Å². The minimum Gasteiger partial charge on any atom is -0.362 e. The summed E-state index contributed by atoms with van der Waals surface area (Å²) in [6.07, 6.45) is -1.79. The van der Waals surface area contributed by atoms with Gasteiger partial charge in [0, 0.05) is 32.2 Å². The van der Waals surface area contributed by atoms with Crippen LogP contribution in [-0.4, -0.2) is 54.5 Å². The van der Waals surface area contributed by atoms with Crippen molar-refractivity contribution in [1.82, 2.24) is 10.2 Å². The smallest absolute Gasteiger partial charge is 0.362 e. The highest BCUT2D eigenvalue weighted by Crippen LogP contribution is 2.36. The first-order valence-electron chi connectivity index (χ1n) is 8.90. The second-order valence-electron chi connectivity index (χ2n) is 6.77. The minimum absolute atomic E-state index is 0.0243. The summed E-state index contributed by atoms with van der Waals surface area (Å²) >= 11 is 0. The third-order valence-corrected chi connectivity index (χ3v) is 5.04. The Morgan fingerprint density at radius 1 is 1.19 bits per heavy atom. The Balaban J connectivity index is 1.70. The fourth-order valence-corrected chi connectivity index (χ4v) is 3.56. The Hall–Kier alpha value is -2.36. The molecule has 0 radical (unpaired) electrons. The van der Waals surface area contributed by atoms with Crippen LogP contribution in [0.25, 0.3) is 0 Å². The van der Waals surface area contributed by atoms with Crippen LogP contribution in [0, 0.1) is 10.1 Å². The minimum atomic E-state index is -4.64. The van der Waals surface area contributed by atoms with Gasteiger partial charge in [0.1, 0.15) is 5.69 Å². The highest BCUT2D eigenvalue weighted by atomic mass is 19.4. The SMILES string of the molecule is O=C(C1CCCCN1)N1CCN(c2ccc(C(F)(F)F)cc2[N+](=O)[O-])CC1. The van der Waals surface area contributed by atoms with Crippen LogP contribution in [0.15, 0.2) is 18.2 Å². The molecule has 3 rings (SSSR count). The number of nitrogens with zero attached hydrogens (tertiary/aromatic N) is 3. The monoisotopic (exact) mass is 386 g/mol. The molecule has 2 aliphatic heterocycles. The molecule has 27 heavy (non-hydrogen) atoms. The molecule has 0 saturated carbocycles. The van der Waals surface area contributed by atoms with Crippen molar-refractivity contribution in [2.45, 2.75) is 31.5 Å². The Bertz CT molecular complexity index is 712. The molecule has 2 aliphatic rings. The Labute approximate surface area is 154 Å². The molecule has 2 saturated heterocycles. The molecule has 0 spiro atoms. The Kier molecular flexibility index (Phi) is 5.54.